The molecule has 10 heavy (non-hydrogen) atoms. The summed E-state index contributed by atoms with van der Waals surface area (Å²) in [7, 11) is 0. The Kier molecular flexibility index (Phi) is 2.31. The van der Waals surface area contributed by atoms with Crippen molar-refractivity contribution in [1.82, 2.24) is 10.2 Å². The maximum absolute atomic E-state index is 5.26. The number of aromatic nitrogens is 2. The van der Waals surface area contributed by atoms with Gasteiger partial charge >= 0.3 is 0 Å². The lowest BCUT2D eigenvalue weighted by molar-refractivity contribution is 0.305. The molecule has 1 rings (SSSR count). The molecule has 0 fully saturated rings. The Labute approximate surface area is 60.4 Å². The highest BCUT2D eigenvalue weighted by molar-refractivity contribution is 5.11. The van der Waals surface area contributed by atoms with E-state index >= 15 is 0 Å². The highest BCUT2D eigenvalue weighted by atomic mass is 16.5. The molecule has 0 aromatic carbocycles. The van der Waals surface area contributed by atoms with Gasteiger partial charge in [-0.1, -0.05) is 6.92 Å². The molecule has 1 aromatic rings. The van der Waals surface area contributed by atoms with Crippen molar-refractivity contribution in [3.63, 3.8) is 0 Å². The molecule has 1 heterocycles. The van der Waals surface area contributed by atoms with Crippen LogP contribution in [0.2, 0.25) is 0 Å². The number of aromatic amines is 1. The summed E-state index contributed by atoms with van der Waals surface area (Å²) in [6.45, 7) is 4.75. The van der Waals surface area contributed by atoms with E-state index in [0.29, 0.717) is 0 Å². The predicted octanol–water partition coefficient (Wildman–Crippen LogP) is 1.51. The van der Waals surface area contributed by atoms with Gasteiger partial charge in [0, 0.05) is 6.07 Å². The topological polar surface area (TPSA) is 37.9 Å². The molecule has 0 saturated heterocycles. The number of hydrogen-bond acceptors (Lipinski definition) is 2. The highest BCUT2D eigenvalue weighted by Crippen LogP contribution is 2.06. The van der Waals surface area contributed by atoms with Crippen LogP contribution in [-0.4, -0.2) is 16.8 Å². The fourth-order valence-electron chi connectivity index (χ4n) is 0.684. The van der Waals surface area contributed by atoms with Crippen LogP contribution in [0.25, 0.3) is 0 Å². The van der Waals surface area contributed by atoms with Crippen LogP contribution in [0.1, 0.15) is 19.0 Å². The molecule has 0 atom stereocenters. The average molecular weight is 140 g/mol. The Bertz CT molecular complexity index is 195. The molecular formula is C7H12N2O. The number of aryl methyl sites for hydroxylation is 1. The monoisotopic (exact) mass is 140 g/mol. The molecule has 56 valence electrons. The molecule has 0 spiro atoms. The lowest BCUT2D eigenvalue weighted by atomic mass is 10.5. The fourth-order valence-corrected chi connectivity index (χ4v) is 0.684. The lowest BCUT2D eigenvalue weighted by Crippen LogP contribution is -1.94. The zero-order valence-corrected chi connectivity index (χ0v) is 6.35. The van der Waals surface area contributed by atoms with Gasteiger partial charge in [0.05, 0.1) is 12.3 Å². The second-order valence-electron chi connectivity index (χ2n) is 2.22. The van der Waals surface area contributed by atoms with Crippen LogP contribution in [0.5, 0.6) is 5.88 Å². The van der Waals surface area contributed by atoms with Gasteiger partial charge in [0.15, 0.2) is 0 Å². The second-order valence-corrected chi connectivity index (χ2v) is 2.22. The molecule has 0 radical (unpaired) electrons. The third-order valence-electron chi connectivity index (χ3n) is 1.14. The summed E-state index contributed by atoms with van der Waals surface area (Å²) in [5.41, 5.74) is 0.964. The molecule has 0 saturated carbocycles. The van der Waals surface area contributed by atoms with Gasteiger partial charge < -0.3 is 4.74 Å². The van der Waals surface area contributed by atoms with Gasteiger partial charge in [-0.15, -0.1) is 0 Å². The van der Waals surface area contributed by atoms with E-state index in [-0.39, 0.29) is 0 Å². The summed E-state index contributed by atoms with van der Waals surface area (Å²) < 4.78 is 5.26. The molecule has 1 aromatic heterocycles. The van der Waals surface area contributed by atoms with Gasteiger partial charge in [-0.2, -0.15) is 5.10 Å². The average Bonchev–Trinajstić information content (AvgIpc) is 2.31. The van der Waals surface area contributed by atoms with Gasteiger partial charge in [0.1, 0.15) is 0 Å². The standard InChI is InChI=1S/C7H12N2O/c1-3-4-10-7-5-6(2)8-9-7/h5H,3-4H2,1-2H3,(H,8,9). The van der Waals surface area contributed by atoms with Crippen molar-refractivity contribution in [2.75, 3.05) is 6.61 Å². The number of ether oxygens (including phenoxy) is 1. The fraction of sp³-hybridized carbons (Fsp3) is 0.571. The zero-order chi connectivity index (χ0) is 7.40. The number of nitrogens with one attached hydrogen (secondary N) is 1. The summed E-state index contributed by atoms with van der Waals surface area (Å²) in [5, 5.41) is 6.69. The van der Waals surface area contributed by atoms with Crippen LogP contribution in [0.3, 0.4) is 0 Å². The summed E-state index contributed by atoms with van der Waals surface area (Å²) in [5.74, 6) is 0.763. The van der Waals surface area contributed by atoms with Crippen molar-refractivity contribution in [3.8, 4) is 5.88 Å². The van der Waals surface area contributed by atoms with Crippen LogP contribution < -0.4 is 4.74 Å². The maximum Gasteiger partial charge on any atom is 0.209 e. The third-order valence-corrected chi connectivity index (χ3v) is 1.14. The van der Waals surface area contributed by atoms with Crippen molar-refractivity contribution in [2.45, 2.75) is 20.3 Å². The quantitative estimate of drug-likeness (QED) is 0.691. The van der Waals surface area contributed by atoms with Crippen molar-refractivity contribution in [3.05, 3.63) is 11.8 Å². The van der Waals surface area contributed by atoms with Gasteiger partial charge in [-0.05, 0) is 13.3 Å². The van der Waals surface area contributed by atoms with Crippen molar-refractivity contribution < 1.29 is 4.74 Å². The molecule has 1 N–H and O–H groups in total. The smallest absolute Gasteiger partial charge is 0.209 e. The van der Waals surface area contributed by atoms with Crippen LogP contribution in [0, 0.1) is 6.92 Å². The normalized spacial score (nSPS) is 9.80. The van der Waals surface area contributed by atoms with Crippen LogP contribution >= 0.6 is 0 Å². The van der Waals surface area contributed by atoms with E-state index < -0.39 is 0 Å². The van der Waals surface area contributed by atoms with Gasteiger partial charge in [0.25, 0.3) is 0 Å². The van der Waals surface area contributed by atoms with E-state index in [1.165, 1.54) is 0 Å². The minimum atomic E-state index is 0.752. The summed E-state index contributed by atoms with van der Waals surface area (Å²) in [6, 6.07) is 1.88. The summed E-state index contributed by atoms with van der Waals surface area (Å²) >= 11 is 0. The number of hydrogen-bond donors (Lipinski definition) is 1. The minimum Gasteiger partial charge on any atom is -0.478 e. The Morgan fingerprint density at radius 3 is 3.00 bits per heavy atom. The van der Waals surface area contributed by atoms with E-state index in [9.17, 15) is 0 Å². The van der Waals surface area contributed by atoms with Crippen LogP contribution in [-0.2, 0) is 0 Å². The summed E-state index contributed by atoms with van der Waals surface area (Å²) in [4.78, 5) is 0. The van der Waals surface area contributed by atoms with E-state index in [1.54, 1.807) is 0 Å². The van der Waals surface area contributed by atoms with E-state index in [0.717, 1.165) is 24.6 Å². The number of nitrogens with zero attached hydrogens (tertiary/aromatic N) is 1. The van der Waals surface area contributed by atoms with E-state index in [2.05, 4.69) is 17.1 Å². The highest BCUT2D eigenvalue weighted by Gasteiger charge is 1.94. The van der Waals surface area contributed by atoms with Crippen LogP contribution in [0.4, 0.5) is 0 Å². The molecule has 3 heteroatoms. The zero-order valence-electron chi connectivity index (χ0n) is 6.35. The Morgan fingerprint density at radius 1 is 1.70 bits per heavy atom. The first kappa shape index (κ1) is 7.12. The molecule has 0 aliphatic carbocycles. The molecule has 0 amide bonds. The molecular weight excluding hydrogens is 128 g/mol. The second kappa shape index (κ2) is 3.25. The molecule has 3 nitrogen and oxygen atoms in total. The maximum atomic E-state index is 5.26. The minimum absolute atomic E-state index is 0.752. The van der Waals surface area contributed by atoms with Gasteiger partial charge in [0.2, 0.25) is 5.88 Å². The molecule has 0 unspecified atom stereocenters. The Morgan fingerprint density at radius 2 is 2.50 bits per heavy atom. The van der Waals surface area contributed by atoms with Crippen LogP contribution in [0.15, 0.2) is 6.07 Å². The lowest BCUT2D eigenvalue weighted by Gasteiger charge is -1.97. The van der Waals surface area contributed by atoms with E-state index in [1.807, 2.05) is 13.0 Å². The largest absolute Gasteiger partial charge is 0.478 e. The first-order chi connectivity index (χ1) is 4.83. The molecule has 0 aliphatic heterocycles. The van der Waals surface area contributed by atoms with Gasteiger partial charge in [-0.25, -0.2) is 5.10 Å². The SMILES string of the molecule is CCCOc1cc(C)n[nH]1. The van der Waals surface area contributed by atoms with E-state index in [4.69, 9.17) is 4.74 Å². The van der Waals surface area contributed by atoms with Crippen molar-refractivity contribution >= 4 is 0 Å². The van der Waals surface area contributed by atoms with Crippen molar-refractivity contribution in [1.29, 1.82) is 0 Å². The first-order valence-corrected chi connectivity index (χ1v) is 3.47. The third kappa shape index (κ3) is 1.76. The number of H-pyrrole nitrogens is 1. The Balaban J connectivity index is 2.42. The predicted molar refractivity (Wildman–Crippen MR) is 39.1 cm³/mol. The molecule has 0 aliphatic rings. The van der Waals surface area contributed by atoms with Crippen molar-refractivity contribution in [2.24, 2.45) is 0 Å². The first-order valence-electron chi connectivity index (χ1n) is 3.47. The van der Waals surface area contributed by atoms with Gasteiger partial charge in [-0.3, -0.25) is 0 Å². The molecule has 0 bridgehead atoms. The Hall–Kier alpha value is -0.990. The number of rotatable bonds is 3. The summed E-state index contributed by atoms with van der Waals surface area (Å²) in [6.07, 6.45) is 1.03.